The van der Waals surface area contributed by atoms with Gasteiger partial charge in [0.05, 0.1) is 18.1 Å². The molecule has 0 unspecified atom stereocenters. The number of carbonyl (C=O) groups excluding carboxylic acids is 2. The highest BCUT2D eigenvalue weighted by atomic mass is 79.9. The molecule has 1 aliphatic heterocycles. The summed E-state index contributed by atoms with van der Waals surface area (Å²) in [7, 11) is 0. The topological polar surface area (TPSA) is 65.1 Å². The molecule has 0 aliphatic carbocycles. The minimum atomic E-state index is -0.307. The first-order chi connectivity index (χ1) is 18.6. The third kappa shape index (κ3) is 7.67. The molecular weight excluding hydrogens is 578 g/mol. The predicted molar refractivity (Wildman–Crippen MR) is 159 cm³/mol. The highest BCUT2D eigenvalue weighted by Crippen LogP contribution is 2.35. The molecule has 8 heteroatoms. The summed E-state index contributed by atoms with van der Waals surface area (Å²) in [6.45, 7) is 9.85. The molecule has 1 heterocycles. The second-order valence-electron chi connectivity index (χ2n) is 10.0. The zero-order valence-corrected chi connectivity index (χ0v) is 24.9. The van der Waals surface area contributed by atoms with E-state index in [2.05, 4.69) is 48.8 Å². The van der Waals surface area contributed by atoms with Crippen LogP contribution in [0.2, 0.25) is 0 Å². The van der Waals surface area contributed by atoms with Crippen molar-refractivity contribution in [1.82, 2.24) is 4.90 Å². The highest BCUT2D eigenvalue weighted by Gasteiger charge is 2.35. The van der Waals surface area contributed by atoms with E-state index in [0.29, 0.717) is 36.2 Å². The van der Waals surface area contributed by atoms with Gasteiger partial charge in [0.2, 0.25) is 0 Å². The molecule has 4 rings (SSSR count). The molecule has 2 amide bonds. The Morgan fingerprint density at radius 1 is 0.872 bits per heavy atom. The van der Waals surface area contributed by atoms with Crippen LogP contribution in [0.25, 0.3) is 6.08 Å². The molecule has 0 aromatic heterocycles. The van der Waals surface area contributed by atoms with E-state index in [9.17, 15) is 9.59 Å². The first kappa shape index (κ1) is 28.8. The summed E-state index contributed by atoms with van der Waals surface area (Å²) >= 11 is 4.34. The summed E-state index contributed by atoms with van der Waals surface area (Å²) in [5.41, 5.74) is 2.97. The molecule has 0 radical (unpaired) electrons. The van der Waals surface area contributed by atoms with Gasteiger partial charge in [-0.2, -0.15) is 0 Å². The van der Waals surface area contributed by atoms with Gasteiger partial charge in [-0.3, -0.25) is 14.5 Å². The van der Waals surface area contributed by atoms with Crippen molar-refractivity contribution in [2.45, 2.75) is 39.7 Å². The van der Waals surface area contributed by atoms with Crippen LogP contribution in [0.4, 0.5) is 4.79 Å². The van der Waals surface area contributed by atoms with Gasteiger partial charge in [0.15, 0.2) is 11.5 Å². The number of thioether (sulfide) groups is 1. The molecule has 6 nitrogen and oxygen atoms in total. The van der Waals surface area contributed by atoms with Gasteiger partial charge >= 0.3 is 0 Å². The minimum absolute atomic E-state index is 0.0953. The zero-order chi connectivity index (χ0) is 28.0. The van der Waals surface area contributed by atoms with E-state index < -0.39 is 0 Å². The van der Waals surface area contributed by atoms with E-state index in [-0.39, 0.29) is 23.1 Å². The van der Waals surface area contributed by atoms with Gasteiger partial charge < -0.3 is 14.2 Å². The number of hydrogen-bond donors (Lipinski definition) is 0. The van der Waals surface area contributed by atoms with Crippen molar-refractivity contribution < 1.29 is 23.8 Å². The molecular formula is C31H32BrNO5S. The fraction of sp³-hybridized carbons (Fsp3) is 0.290. The fourth-order valence-corrected chi connectivity index (χ4v) is 5.03. The van der Waals surface area contributed by atoms with E-state index in [1.807, 2.05) is 55.5 Å². The van der Waals surface area contributed by atoms with Crippen molar-refractivity contribution in [3.63, 3.8) is 0 Å². The maximum atomic E-state index is 13.0. The third-order valence-corrected chi connectivity index (χ3v) is 7.46. The molecule has 0 bridgehead atoms. The number of halogens is 1. The van der Waals surface area contributed by atoms with Crippen molar-refractivity contribution in [1.29, 1.82) is 0 Å². The number of hydrogen-bond acceptors (Lipinski definition) is 6. The van der Waals surface area contributed by atoms with Crippen molar-refractivity contribution in [3.8, 4) is 17.2 Å². The van der Waals surface area contributed by atoms with Crippen LogP contribution in [0.1, 0.15) is 44.4 Å². The van der Waals surface area contributed by atoms with Crippen LogP contribution in [-0.2, 0) is 16.8 Å². The normalized spacial score (nSPS) is 14.7. The molecule has 0 saturated carbocycles. The maximum Gasteiger partial charge on any atom is 0.293 e. The lowest BCUT2D eigenvalue weighted by molar-refractivity contribution is -0.123. The zero-order valence-electron chi connectivity index (χ0n) is 22.5. The predicted octanol–water partition coefficient (Wildman–Crippen LogP) is 7.84. The Bertz CT molecular complexity index is 1350. The Morgan fingerprint density at radius 3 is 2.23 bits per heavy atom. The number of nitrogens with zero attached hydrogens (tertiary/aromatic N) is 1. The lowest BCUT2D eigenvalue weighted by atomic mass is 9.87. The molecule has 3 aromatic rings. The lowest BCUT2D eigenvalue weighted by Crippen LogP contribution is -2.27. The first-order valence-electron chi connectivity index (χ1n) is 12.8. The highest BCUT2D eigenvalue weighted by molar-refractivity contribution is 9.10. The third-order valence-electron chi connectivity index (χ3n) is 6.02. The molecule has 1 aliphatic rings. The van der Waals surface area contributed by atoms with Crippen molar-refractivity contribution in [2.75, 3.05) is 19.8 Å². The molecule has 1 saturated heterocycles. The summed E-state index contributed by atoms with van der Waals surface area (Å²) in [5, 5.41) is -0.285. The number of ether oxygens (including phenoxy) is 3. The van der Waals surface area contributed by atoms with Crippen molar-refractivity contribution in [3.05, 3.63) is 92.8 Å². The van der Waals surface area contributed by atoms with E-state index in [0.717, 1.165) is 33.1 Å². The molecule has 3 aromatic carbocycles. The quantitative estimate of drug-likeness (QED) is 0.172. The fourth-order valence-electron chi connectivity index (χ4n) is 3.92. The van der Waals surface area contributed by atoms with Crippen LogP contribution in [-0.4, -0.2) is 35.9 Å². The average molecular weight is 611 g/mol. The Balaban J connectivity index is 1.37. The van der Waals surface area contributed by atoms with E-state index in [1.54, 1.807) is 12.1 Å². The van der Waals surface area contributed by atoms with Crippen LogP contribution in [0.5, 0.6) is 17.2 Å². The first-order valence-corrected chi connectivity index (χ1v) is 14.4. The largest absolute Gasteiger partial charge is 0.490 e. The summed E-state index contributed by atoms with van der Waals surface area (Å²) in [5.74, 6) is 1.64. The number of benzene rings is 3. The number of imide groups is 1. The van der Waals surface area contributed by atoms with Gasteiger partial charge in [0.1, 0.15) is 19.0 Å². The SMILES string of the molecule is CCOc1cc(/C=C2\SC(=O)N(Cc3ccc(Br)cc3)C2=O)ccc1OCCOc1ccc(C(C)(C)C)cc1. The Morgan fingerprint density at radius 2 is 1.56 bits per heavy atom. The number of amides is 2. The summed E-state index contributed by atoms with van der Waals surface area (Å²) in [6.07, 6.45) is 1.71. The van der Waals surface area contributed by atoms with Gasteiger partial charge in [-0.25, -0.2) is 0 Å². The maximum absolute atomic E-state index is 13.0. The summed E-state index contributed by atoms with van der Waals surface area (Å²) in [6, 6.07) is 21.1. The van der Waals surface area contributed by atoms with Crippen LogP contribution in [0, 0.1) is 0 Å². The second kappa shape index (κ2) is 12.7. The Labute approximate surface area is 242 Å². The van der Waals surface area contributed by atoms with E-state index in [1.165, 1.54) is 10.5 Å². The monoisotopic (exact) mass is 609 g/mol. The lowest BCUT2D eigenvalue weighted by Gasteiger charge is -2.19. The molecule has 0 N–H and O–H groups in total. The summed E-state index contributed by atoms with van der Waals surface area (Å²) in [4.78, 5) is 27.2. The molecule has 204 valence electrons. The Kier molecular flexibility index (Phi) is 9.40. The molecule has 39 heavy (non-hydrogen) atoms. The summed E-state index contributed by atoms with van der Waals surface area (Å²) < 4.78 is 18.5. The van der Waals surface area contributed by atoms with Crippen LogP contribution in [0.15, 0.2) is 76.1 Å². The van der Waals surface area contributed by atoms with Gasteiger partial charge in [0.25, 0.3) is 11.1 Å². The number of rotatable bonds is 10. The van der Waals surface area contributed by atoms with Crippen LogP contribution < -0.4 is 14.2 Å². The van der Waals surface area contributed by atoms with Gasteiger partial charge in [-0.15, -0.1) is 0 Å². The Hall–Kier alpha value is -3.23. The number of carbonyl (C=O) groups is 2. The average Bonchev–Trinajstić information content (AvgIpc) is 3.16. The van der Waals surface area contributed by atoms with Gasteiger partial charge in [-0.05, 0) is 83.3 Å². The van der Waals surface area contributed by atoms with E-state index in [4.69, 9.17) is 14.2 Å². The minimum Gasteiger partial charge on any atom is -0.490 e. The van der Waals surface area contributed by atoms with Gasteiger partial charge in [0, 0.05) is 4.47 Å². The molecule has 0 spiro atoms. The molecule has 1 fully saturated rings. The van der Waals surface area contributed by atoms with Crippen molar-refractivity contribution >= 4 is 44.9 Å². The van der Waals surface area contributed by atoms with E-state index >= 15 is 0 Å². The van der Waals surface area contributed by atoms with Crippen molar-refractivity contribution in [2.24, 2.45) is 0 Å². The second-order valence-corrected chi connectivity index (χ2v) is 11.9. The van der Waals surface area contributed by atoms with Crippen LogP contribution in [0.3, 0.4) is 0 Å². The van der Waals surface area contributed by atoms with Gasteiger partial charge in [-0.1, -0.05) is 67.0 Å². The standard InChI is InChI=1S/C31H32BrNO5S/c1-5-36-27-18-22(19-28-29(34)33(30(35)39-28)20-21-6-11-24(32)12-7-21)8-15-26(27)38-17-16-37-25-13-9-23(10-14-25)31(2,3)4/h6-15,18-19H,5,16-17,20H2,1-4H3/b28-19-. The smallest absolute Gasteiger partial charge is 0.293 e. The molecule has 0 atom stereocenters. The van der Waals surface area contributed by atoms with Crippen LogP contribution >= 0.6 is 27.7 Å².